The minimum Gasteiger partial charge on any atom is -0.497 e. The van der Waals surface area contributed by atoms with Gasteiger partial charge in [0.05, 0.1) is 13.0 Å². The fourth-order valence-electron chi connectivity index (χ4n) is 3.00. The van der Waals surface area contributed by atoms with Crippen LogP contribution in [0.1, 0.15) is 19.3 Å². The van der Waals surface area contributed by atoms with Gasteiger partial charge in [0.15, 0.2) is 0 Å². The fraction of sp³-hybridized carbons (Fsp3) is 0.375. The summed E-state index contributed by atoms with van der Waals surface area (Å²) in [4.78, 5) is 15.6. The van der Waals surface area contributed by atoms with E-state index in [1.807, 2.05) is 24.3 Å². The molecule has 0 amide bonds. The summed E-state index contributed by atoms with van der Waals surface area (Å²) in [7, 11) is 1.64. The highest BCUT2D eigenvalue weighted by Crippen LogP contribution is 2.31. The number of hydrogen-bond acceptors (Lipinski definition) is 4. The molecule has 1 aromatic heterocycles. The van der Waals surface area contributed by atoms with Gasteiger partial charge in [-0.25, -0.2) is 4.98 Å². The van der Waals surface area contributed by atoms with Crippen molar-refractivity contribution in [2.24, 2.45) is 5.92 Å². The van der Waals surface area contributed by atoms with E-state index < -0.39 is 5.97 Å². The quantitative estimate of drug-likeness (QED) is 0.904. The molecular weight excluding hydrogens is 268 g/mol. The minimum absolute atomic E-state index is 0.0531. The minimum atomic E-state index is -0.730. The summed E-state index contributed by atoms with van der Waals surface area (Å²) in [5.41, 5.74) is 0. The Bertz CT molecular complexity index is 672. The molecule has 0 bridgehead atoms. The van der Waals surface area contributed by atoms with E-state index in [0.717, 1.165) is 41.6 Å². The average Bonchev–Trinajstić information content (AvgIpc) is 2.95. The SMILES string of the molecule is COc1ccc2c(NC3CCCC3C(=O)O)nccc2c1. The molecule has 2 atom stereocenters. The molecule has 1 aromatic carbocycles. The molecule has 1 aliphatic rings. The van der Waals surface area contributed by atoms with Crippen LogP contribution in [0, 0.1) is 5.92 Å². The number of hydrogen-bond donors (Lipinski definition) is 2. The summed E-state index contributed by atoms with van der Waals surface area (Å²) in [5.74, 6) is 0.476. The Balaban J connectivity index is 1.92. The van der Waals surface area contributed by atoms with Gasteiger partial charge < -0.3 is 15.2 Å². The Morgan fingerprint density at radius 2 is 2.24 bits per heavy atom. The molecule has 2 unspecified atom stereocenters. The summed E-state index contributed by atoms with van der Waals surface area (Å²) in [6, 6.07) is 7.66. The van der Waals surface area contributed by atoms with Gasteiger partial charge in [-0.05, 0) is 42.5 Å². The number of methoxy groups -OCH3 is 1. The molecule has 2 aromatic rings. The lowest BCUT2D eigenvalue weighted by Crippen LogP contribution is -2.30. The third-order valence-corrected chi connectivity index (χ3v) is 4.13. The van der Waals surface area contributed by atoms with Gasteiger partial charge in [-0.3, -0.25) is 4.79 Å². The number of rotatable bonds is 4. The van der Waals surface area contributed by atoms with Crippen LogP contribution >= 0.6 is 0 Å². The van der Waals surface area contributed by atoms with Crippen LogP contribution in [0.4, 0.5) is 5.82 Å². The van der Waals surface area contributed by atoms with Gasteiger partial charge >= 0.3 is 5.97 Å². The van der Waals surface area contributed by atoms with E-state index in [0.29, 0.717) is 0 Å². The van der Waals surface area contributed by atoms with Gasteiger partial charge in [0.2, 0.25) is 0 Å². The lowest BCUT2D eigenvalue weighted by Gasteiger charge is -2.19. The molecule has 0 spiro atoms. The number of aromatic nitrogens is 1. The van der Waals surface area contributed by atoms with Gasteiger partial charge in [-0.1, -0.05) is 6.42 Å². The highest BCUT2D eigenvalue weighted by molar-refractivity contribution is 5.92. The zero-order valence-corrected chi connectivity index (χ0v) is 11.9. The van der Waals surface area contributed by atoms with Crippen LogP contribution < -0.4 is 10.1 Å². The number of carboxylic acids is 1. The number of nitrogens with zero attached hydrogens (tertiary/aromatic N) is 1. The van der Waals surface area contributed by atoms with Crippen molar-refractivity contribution in [3.05, 3.63) is 30.5 Å². The molecule has 1 aliphatic carbocycles. The first kappa shape index (κ1) is 13.7. The third-order valence-electron chi connectivity index (χ3n) is 4.13. The Morgan fingerprint density at radius 1 is 1.38 bits per heavy atom. The molecule has 110 valence electrons. The van der Waals surface area contributed by atoms with Gasteiger partial charge in [0.25, 0.3) is 0 Å². The second kappa shape index (κ2) is 5.60. The zero-order chi connectivity index (χ0) is 14.8. The van der Waals surface area contributed by atoms with E-state index >= 15 is 0 Å². The molecule has 0 aliphatic heterocycles. The lowest BCUT2D eigenvalue weighted by atomic mass is 10.0. The highest BCUT2D eigenvalue weighted by Gasteiger charge is 2.33. The summed E-state index contributed by atoms with van der Waals surface area (Å²) in [6.07, 6.45) is 4.26. The number of carbonyl (C=O) groups is 1. The van der Waals surface area contributed by atoms with E-state index in [-0.39, 0.29) is 12.0 Å². The Kier molecular flexibility index (Phi) is 3.64. The molecule has 5 heteroatoms. The van der Waals surface area contributed by atoms with Crippen LogP contribution in [0.3, 0.4) is 0 Å². The first-order valence-electron chi connectivity index (χ1n) is 7.11. The van der Waals surface area contributed by atoms with Crippen molar-refractivity contribution in [3.8, 4) is 5.75 Å². The lowest BCUT2D eigenvalue weighted by molar-refractivity contribution is -0.141. The van der Waals surface area contributed by atoms with Crippen molar-refractivity contribution in [2.75, 3.05) is 12.4 Å². The molecule has 5 nitrogen and oxygen atoms in total. The van der Waals surface area contributed by atoms with Gasteiger partial charge in [-0.15, -0.1) is 0 Å². The second-order valence-corrected chi connectivity index (χ2v) is 5.37. The third kappa shape index (κ3) is 2.63. The van der Waals surface area contributed by atoms with E-state index in [1.54, 1.807) is 13.3 Å². The number of ether oxygens (including phenoxy) is 1. The maximum Gasteiger partial charge on any atom is 0.308 e. The molecule has 1 heterocycles. The monoisotopic (exact) mass is 286 g/mol. The summed E-state index contributed by atoms with van der Waals surface area (Å²) < 4.78 is 5.23. The largest absolute Gasteiger partial charge is 0.497 e. The predicted octanol–water partition coefficient (Wildman–Crippen LogP) is 2.91. The second-order valence-electron chi connectivity index (χ2n) is 5.37. The molecule has 21 heavy (non-hydrogen) atoms. The van der Waals surface area contributed by atoms with Crippen LogP contribution in [0.2, 0.25) is 0 Å². The smallest absolute Gasteiger partial charge is 0.308 e. The van der Waals surface area contributed by atoms with Crippen LogP contribution in [-0.4, -0.2) is 29.2 Å². The maximum atomic E-state index is 11.3. The molecule has 0 radical (unpaired) electrons. The van der Waals surface area contributed by atoms with Crippen molar-refractivity contribution in [3.63, 3.8) is 0 Å². The normalized spacial score (nSPS) is 21.4. The predicted molar refractivity (Wildman–Crippen MR) is 80.7 cm³/mol. The highest BCUT2D eigenvalue weighted by atomic mass is 16.5. The Labute approximate surface area is 123 Å². The average molecular weight is 286 g/mol. The zero-order valence-electron chi connectivity index (χ0n) is 11.9. The van der Waals surface area contributed by atoms with Crippen molar-refractivity contribution < 1.29 is 14.6 Å². The number of carboxylic acid groups (broad SMARTS) is 1. The molecule has 0 saturated heterocycles. The first-order valence-corrected chi connectivity index (χ1v) is 7.11. The van der Waals surface area contributed by atoms with Gasteiger partial charge in [0, 0.05) is 17.6 Å². The molecule has 2 N–H and O–H groups in total. The van der Waals surface area contributed by atoms with Crippen LogP contribution in [-0.2, 0) is 4.79 Å². The number of nitrogens with one attached hydrogen (secondary N) is 1. The standard InChI is InChI=1S/C16H18N2O3/c1-21-11-5-6-12-10(9-11)7-8-17-15(12)18-14-4-2-3-13(14)16(19)20/h5-9,13-14H,2-4H2,1H3,(H,17,18)(H,19,20). The summed E-state index contributed by atoms with van der Waals surface area (Å²) in [6.45, 7) is 0. The first-order chi connectivity index (χ1) is 10.2. The molecule has 1 saturated carbocycles. The van der Waals surface area contributed by atoms with E-state index in [9.17, 15) is 9.90 Å². The van der Waals surface area contributed by atoms with Crippen molar-refractivity contribution in [1.82, 2.24) is 4.98 Å². The van der Waals surface area contributed by atoms with E-state index in [1.165, 1.54) is 0 Å². The Hall–Kier alpha value is -2.30. The Morgan fingerprint density at radius 3 is 3.00 bits per heavy atom. The number of anilines is 1. The summed E-state index contributed by atoms with van der Waals surface area (Å²) >= 11 is 0. The number of pyridine rings is 1. The van der Waals surface area contributed by atoms with Crippen LogP contribution in [0.25, 0.3) is 10.8 Å². The van der Waals surface area contributed by atoms with Crippen molar-refractivity contribution >= 4 is 22.6 Å². The van der Waals surface area contributed by atoms with Crippen molar-refractivity contribution in [2.45, 2.75) is 25.3 Å². The van der Waals surface area contributed by atoms with Gasteiger partial charge in [-0.2, -0.15) is 0 Å². The van der Waals surface area contributed by atoms with Crippen LogP contribution in [0.5, 0.6) is 5.75 Å². The molecule has 1 fully saturated rings. The fourth-order valence-corrected chi connectivity index (χ4v) is 3.00. The van der Waals surface area contributed by atoms with Crippen molar-refractivity contribution in [1.29, 1.82) is 0 Å². The number of aliphatic carboxylic acids is 1. The van der Waals surface area contributed by atoms with Gasteiger partial charge in [0.1, 0.15) is 11.6 Å². The maximum absolute atomic E-state index is 11.3. The van der Waals surface area contributed by atoms with E-state index in [2.05, 4.69) is 10.3 Å². The number of fused-ring (bicyclic) bond motifs is 1. The molecular formula is C16H18N2O3. The molecule has 3 rings (SSSR count). The summed E-state index contributed by atoms with van der Waals surface area (Å²) in [5, 5.41) is 14.6. The van der Waals surface area contributed by atoms with Crippen LogP contribution in [0.15, 0.2) is 30.5 Å². The topological polar surface area (TPSA) is 71.5 Å². The van der Waals surface area contributed by atoms with E-state index in [4.69, 9.17) is 4.74 Å². The number of benzene rings is 1.